The number of hydrogen-bond donors (Lipinski definition) is 0. The summed E-state index contributed by atoms with van der Waals surface area (Å²) in [5, 5.41) is -1.13. The number of amides is 1. The van der Waals surface area contributed by atoms with E-state index in [0.717, 1.165) is 4.31 Å². The molecule has 0 saturated carbocycles. The number of carbonyl (C=O) groups excluding carboxylic acids is 3. The highest BCUT2D eigenvalue weighted by Crippen LogP contribution is 2.33. The van der Waals surface area contributed by atoms with Crippen molar-refractivity contribution in [1.29, 1.82) is 0 Å². The second-order valence-corrected chi connectivity index (χ2v) is 8.15. The molecule has 2 fully saturated rings. The zero-order valence-corrected chi connectivity index (χ0v) is 15.0. The molecule has 139 valence electrons. The minimum absolute atomic E-state index is 0.176. The molecule has 1 radical (unpaired) electrons. The van der Waals surface area contributed by atoms with Gasteiger partial charge in [-0.2, -0.15) is 4.31 Å². The van der Waals surface area contributed by atoms with Gasteiger partial charge in [-0.1, -0.05) is 19.4 Å². The molecule has 3 rings (SSSR count). The standard InChI is InChI=1S/C17H20N3O5S/c1-2-3-7-15(22)19-10-8-13-16(19)14(21)11-20(13)26(24,25)17(23)12-6-4-5-9-18-12/h4-6,9,13,16H,1-3,7-8,10-11H2. The lowest BCUT2D eigenvalue weighted by Crippen LogP contribution is -2.44. The number of Topliss-reactive ketones (excluding diaryl/α,β-unsaturated/α-hetero) is 1. The third-order valence-electron chi connectivity index (χ3n) is 4.76. The van der Waals surface area contributed by atoms with E-state index < -0.39 is 33.8 Å². The first-order valence-corrected chi connectivity index (χ1v) is 9.90. The van der Waals surface area contributed by atoms with Gasteiger partial charge in [-0.05, 0) is 25.0 Å². The van der Waals surface area contributed by atoms with Gasteiger partial charge >= 0.3 is 5.12 Å². The Morgan fingerprint density at radius 3 is 2.73 bits per heavy atom. The molecule has 2 unspecified atom stereocenters. The molecule has 26 heavy (non-hydrogen) atoms. The Labute approximate surface area is 152 Å². The molecule has 1 aromatic heterocycles. The van der Waals surface area contributed by atoms with Crippen LogP contribution < -0.4 is 0 Å². The Kier molecular flexibility index (Phi) is 5.19. The van der Waals surface area contributed by atoms with Crippen LogP contribution in [0.25, 0.3) is 0 Å². The monoisotopic (exact) mass is 378 g/mol. The molecule has 2 saturated heterocycles. The second-order valence-electron chi connectivity index (χ2n) is 6.36. The maximum atomic E-state index is 12.7. The number of hydrogen-bond acceptors (Lipinski definition) is 6. The van der Waals surface area contributed by atoms with Crippen molar-refractivity contribution >= 4 is 26.8 Å². The van der Waals surface area contributed by atoms with Gasteiger partial charge in [0.05, 0.1) is 12.6 Å². The second kappa shape index (κ2) is 7.24. The molecular formula is C17H20N3O5S. The highest BCUT2D eigenvalue weighted by molar-refractivity contribution is 8.04. The van der Waals surface area contributed by atoms with Gasteiger partial charge in [0.2, 0.25) is 5.91 Å². The van der Waals surface area contributed by atoms with E-state index in [1.165, 1.54) is 23.2 Å². The summed E-state index contributed by atoms with van der Waals surface area (Å²) in [6.45, 7) is 3.60. The van der Waals surface area contributed by atoms with Crippen molar-refractivity contribution in [2.24, 2.45) is 0 Å². The number of carbonyl (C=O) groups is 3. The van der Waals surface area contributed by atoms with Crippen LogP contribution in [0.2, 0.25) is 0 Å². The fourth-order valence-electron chi connectivity index (χ4n) is 3.52. The zero-order valence-electron chi connectivity index (χ0n) is 14.2. The van der Waals surface area contributed by atoms with Gasteiger partial charge in [0.1, 0.15) is 11.7 Å². The van der Waals surface area contributed by atoms with E-state index in [4.69, 9.17) is 0 Å². The maximum absolute atomic E-state index is 12.7. The molecule has 9 heteroatoms. The zero-order chi connectivity index (χ0) is 18.9. The lowest BCUT2D eigenvalue weighted by atomic mass is 10.1. The van der Waals surface area contributed by atoms with Crippen molar-refractivity contribution in [2.45, 2.75) is 37.8 Å². The Bertz CT molecular complexity index is 824. The number of unbranched alkanes of at least 4 members (excludes halogenated alkanes) is 1. The van der Waals surface area contributed by atoms with E-state index in [2.05, 4.69) is 11.9 Å². The van der Waals surface area contributed by atoms with Crippen LogP contribution in [-0.2, 0) is 19.6 Å². The molecule has 0 aliphatic carbocycles. The van der Waals surface area contributed by atoms with Gasteiger partial charge in [-0.15, -0.1) is 0 Å². The fourth-order valence-corrected chi connectivity index (χ4v) is 4.99. The van der Waals surface area contributed by atoms with Crippen LogP contribution in [-0.4, -0.2) is 64.6 Å². The number of pyridine rings is 1. The lowest BCUT2D eigenvalue weighted by Gasteiger charge is -2.23. The summed E-state index contributed by atoms with van der Waals surface area (Å²) < 4.78 is 26.4. The van der Waals surface area contributed by atoms with E-state index in [1.54, 1.807) is 6.07 Å². The van der Waals surface area contributed by atoms with Crippen molar-refractivity contribution in [3.05, 3.63) is 37.0 Å². The summed E-state index contributed by atoms with van der Waals surface area (Å²) in [4.78, 5) is 42.4. The Balaban J connectivity index is 1.82. The number of rotatable bonds is 5. The molecule has 2 atom stereocenters. The van der Waals surface area contributed by atoms with Crippen LogP contribution in [0, 0.1) is 6.92 Å². The van der Waals surface area contributed by atoms with Crippen LogP contribution in [0.15, 0.2) is 24.4 Å². The Morgan fingerprint density at radius 1 is 1.31 bits per heavy atom. The molecule has 0 bridgehead atoms. The molecule has 0 aromatic carbocycles. The first-order valence-electron chi connectivity index (χ1n) is 8.46. The molecule has 1 aromatic rings. The van der Waals surface area contributed by atoms with E-state index in [9.17, 15) is 22.8 Å². The number of likely N-dealkylation sites (tertiary alicyclic amines) is 1. The van der Waals surface area contributed by atoms with Crippen LogP contribution in [0.3, 0.4) is 0 Å². The summed E-state index contributed by atoms with van der Waals surface area (Å²) in [5.41, 5.74) is -0.190. The summed E-state index contributed by atoms with van der Waals surface area (Å²) in [6, 6.07) is 2.91. The van der Waals surface area contributed by atoms with Crippen molar-refractivity contribution in [3.8, 4) is 0 Å². The van der Waals surface area contributed by atoms with Crippen LogP contribution in [0.1, 0.15) is 36.2 Å². The molecule has 0 N–H and O–H groups in total. The van der Waals surface area contributed by atoms with Gasteiger partial charge in [-0.25, -0.2) is 8.42 Å². The first kappa shape index (κ1) is 18.7. The van der Waals surface area contributed by atoms with Crippen molar-refractivity contribution in [1.82, 2.24) is 14.2 Å². The van der Waals surface area contributed by atoms with Gasteiger partial charge in [-0.3, -0.25) is 19.4 Å². The third kappa shape index (κ3) is 3.16. The number of ketones is 1. The van der Waals surface area contributed by atoms with Gasteiger partial charge in [0, 0.05) is 19.2 Å². The average Bonchev–Trinajstić information content (AvgIpc) is 3.21. The maximum Gasteiger partial charge on any atom is 0.310 e. The van der Waals surface area contributed by atoms with E-state index in [-0.39, 0.29) is 23.8 Å². The normalized spacial score (nSPS) is 23.3. The van der Waals surface area contributed by atoms with Gasteiger partial charge in [0.15, 0.2) is 5.78 Å². The Hall–Kier alpha value is -2.13. The SMILES string of the molecule is [CH2]CCCC(=O)N1CCC2C1C(=O)CN2S(=O)(=O)C(=O)c1ccccn1. The average molecular weight is 378 g/mol. The first-order chi connectivity index (χ1) is 12.4. The van der Waals surface area contributed by atoms with Crippen LogP contribution >= 0.6 is 0 Å². The number of aromatic nitrogens is 1. The van der Waals surface area contributed by atoms with E-state index in [1.807, 2.05) is 0 Å². The predicted molar refractivity (Wildman–Crippen MR) is 92.3 cm³/mol. The summed E-state index contributed by atoms with van der Waals surface area (Å²) in [6.07, 6.45) is 3.17. The molecule has 3 heterocycles. The van der Waals surface area contributed by atoms with Crippen molar-refractivity contribution in [3.63, 3.8) is 0 Å². The Morgan fingerprint density at radius 2 is 2.08 bits per heavy atom. The topological polar surface area (TPSA) is 105 Å². The summed E-state index contributed by atoms with van der Waals surface area (Å²) >= 11 is 0. The predicted octanol–water partition coefficient (Wildman–Crippen LogP) is 0.410. The minimum atomic E-state index is -4.38. The molecule has 8 nitrogen and oxygen atoms in total. The molecule has 2 aliphatic heterocycles. The summed E-state index contributed by atoms with van der Waals surface area (Å²) in [7, 11) is -4.38. The highest BCUT2D eigenvalue weighted by atomic mass is 32.2. The lowest BCUT2D eigenvalue weighted by molar-refractivity contribution is -0.136. The summed E-state index contributed by atoms with van der Waals surface area (Å²) in [5.74, 6) is -0.530. The van der Waals surface area contributed by atoms with Gasteiger partial charge < -0.3 is 4.90 Å². The smallest absolute Gasteiger partial charge is 0.310 e. The molecule has 1 amide bonds. The largest absolute Gasteiger partial charge is 0.331 e. The number of sulfonamides is 1. The minimum Gasteiger partial charge on any atom is -0.331 e. The molecular weight excluding hydrogens is 358 g/mol. The van der Waals surface area contributed by atoms with Crippen LogP contribution in [0.5, 0.6) is 0 Å². The fraction of sp³-hybridized carbons (Fsp3) is 0.471. The molecule has 2 aliphatic rings. The van der Waals surface area contributed by atoms with Crippen LogP contribution in [0.4, 0.5) is 0 Å². The van der Waals surface area contributed by atoms with E-state index in [0.29, 0.717) is 25.8 Å². The number of nitrogens with zero attached hydrogens (tertiary/aromatic N) is 3. The molecule has 0 spiro atoms. The quantitative estimate of drug-likeness (QED) is 0.735. The highest BCUT2D eigenvalue weighted by Gasteiger charge is 2.54. The van der Waals surface area contributed by atoms with Gasteiger partial charge in [0.25, 0.3) is 10.0 Å². The third-order valence-corrected chi connectivity index (χ3v) is 6.45. The van der Waals surface area contributed by atoms with E-state index >= 15 is 0 Å². The number of fused-ring (bicyclic) bond motifs is 1. The van der Waals surface area contributed by atoms with Crippen molar-refractivity contribution < 1.29 is 22.8 Å². The van der Waals surface area contributed by atoms with Crippen molar-refractivity contribution in [2.75, 3.05) is 13.1 Å².